The molecule has 0 saturated carbocycles. The molecule has 4 amide bonds. The highest BCUT2D eigenvalue weighted by Crippen LogP contribution is 2.28. The lowest BCUT2D eigenvalue weighted by atomic mass is 9.92. The zero-order valence-electron chi connectivity index (χ0n) is 20.1. The summed E-state index contributed by atoms with van der Waals surface area (Å²) in [5, 5.41) is 11.4. The molecule has 4 N–H and O–H groups in total. The van der Waals surface area contributed by atoms with Gasteiger partial charge in [-0.15, -0.1) is 10.2 Å². The van der Waals surface area contributed by atoms with Gasteiger partial charge in [0.05, 0.1) is 10.6 Å². The van der Waals surface area contributed by atoms with Gasteiger partial charge < -0.3 is 11.2 Å². The van der Waals surface area contributed by atoms with Gasteiger partial charge in [0.15, 0.2) is 5.82 Å². The molecule has 0 bridgehead atoms. The molecule has 1 aromatic heterocycles. The molecule has 194 valence electrons. The molecule has 1 atom stereocenters. The van der Waals surface area contributed by atoms with E-state index in [0.29, 0.717) is 16.1 Å². The third-order valence-corrected chi connectivity index (χ3v) is 8.40. The molecule has 0 spiro atoms. The van der Waals surface area contributed by atoms with Crippen LogP contribution in [0.3, 0.4) is 0 Å². The van der Waals surface area contributed by atoms with Gasteiger partial charge >= 0.3 is 6.03 Å². The number of hydrogen-bond donors (Lipinski definition) is 3. The van der Waals surface area contributed by atoms with Crippen molar-refractivity contribution in [3.63, 3.8) is 0 Å². The van der Waals surface area contributed by atoms with E-state index in [-0.39, 0.29) is 21.6 Å². The molecule has 37 heavy (non-hydrogen) atoms. The Kier molecular flexibility index (Phi) is 6.94. The molecule has 2 aromatic carbocycles. The molecular weight excluding hydrogens is 520 g/mol. The van der Waals surface area contributed by atoms with Crippen LogP contribution >= 0.6 is 11.8 Å². The van der Waals surface area contributed by atoms with Crippen molar-refractivity contribution in [2.24, 2.45) is 0 Å². The Balaban J connectivity index is 1.43. The highest BCUT2D eigenvalue weighted by Gasteiger charge is 2.49. The highest BCUT2D eigenvalue weighted by atomic mass is 32.2. The predicted octanol–water partition coefficient (Wildman–Crippen LogP) is 0.500. The number of urea groups is 1. The van der Waals surface area contributed by atoms with Gasteiger partial charge in [-0.3, -0.25) is 15.0 Å². The Morgan fingerprint density at radius 2 is 1.84 bits per heavy atom. The van der Waals surface area contributed by atoms with Crippen molar-refractivity contribution >= 4 is 39.6 Å². The number of thioether (sulfide) groups is 1. The number of amides is 4. The number of nitrogens with zero attached hydrogens (tertiary/aromatic N) is 5. The summed E-state index contributed by atoms with van der Waals surface area (Å²) in [6.07, 6.45) is 0. The van der Waals surface area contributed by atoms with E-state index in [1.807, 2.05) is 0 Å². The first-order valence-electron chi connectivity index (χ1n) is 10.8. The molecule has 1 aliphatic heterocycles. The first-order chi connectivity index (χ1) is 17.4. The number of carbonyl (C=O) groups excluding carboxylic acids is 3. The lowest BCUT2D eigenvalue weighted by Crippen LogP contribution is -2.48. The molecule has 3 aromatic rings. The van der Waals surface area contributed by atoms with E-state index < -0.39 is 33.4 Å². The van der Waals surface area contributed by atoms with E-state index in [4.69, 9.17) is 5.84 Å². The molecule has 13 nitrogen and oxygen atoms in total. The molecular formula is C22H24N8O5S2. The van der Waals surface area contributed by atoms with Crippen LogP contribution in [0, 0.1) is 0 Å². The van der Waals surface area contributed by atoms with Crippen LogP contribution in [0.5, 0.6) is 0 Å². The van der Waals surface area contributed by atoms with Crippen molar-refractivity contribution in [1.82, 2.24) is 34.9 Å². The number of nitrogens with one attached hydrogen (secondary N) is 2. The summed E-state index contributed by atoms with van der Waals surface area (Å²) >= 11 is 0.924. The number of hydrogen-bond acceptors (Lipinski definition) is 9. The highest BCUT2D eigenvalue weighted by molar-refractivity contribution is 7.99. The van der Waals surface area contributed by atoms with Gasteiger partial charge in [0.1, 0.15) is 5.54 Å². The average molecular weight is 545 g/mol. The van der Waals surface area contributed by atoms with Gasteiger partial charge in [0.25, 0.3) is 5.91 Å². The van der Waals surface area contributed by atoms with Crippen LogP contribution in [0.15, 0.2) is 64.6 Å². The molecule has 1 saturated heterocycles. The fourth-order valence-electron chi connectivity index (χ4n) is 3.57. The fraction of sp³-hybridized carbons (Fsp3) is 0.227. The minimum atomic E-state index is -3.67. The summed E-state index contributed by atoms with van der Waals surface area (Å²) in [7, 11) is -0.819. The first-order valence-corrected chi connectivity index (χ1v) is 13.3. The monoisotopic (exact) mass is 544 g/mol. The van der Waals surface area contributed by atoms with Crippen LogP contribution in [0.25, 0.3) is 11.4 Å². The smallest absolute Gasteiger partial charge is 0.335 e. The number of benzene rings is 2. The zero-order valence-corrected chi connectivity index (χ0v) is 21.7. The second kappa shape index (κ2) is 9.84. The van der Waals surface area contributed by atoms with E-state index >= 15 is 0 Å². The first kappa shape index (κ1) is 26.1. The third-order valence-electron chi connectivity index (χ3n) is 5.65. The van der Waals surface area contributed by atoms with Crippen LogP contribution in [0.4, 0.5) is 4.79 Å². The normalized spacial score (nSPS) is 17.8. The number of imide groups is 1. The number of hydrazine groups is 1. The quantitative estimate of drug-likeness (QED) is 0.207. The van der Waals surface area contributed by atoms with Gasteiger partial charge in [-0.25, -0.2) is 22.2 Å². The van der Waals surface area contributed by atoms with Gasteiger partial charge in [0.2, 0.25) is 21.1 Å². The average Bonchev–Trinajstić information content (AvgIpc) is 3.35. The Morgan fingerprint density at radius 1 is 1.14 bits per heavy atom. The maximum atomic E-state index is 12.9. The Hall–Kier alpha value is -3.95. The molecule has 1 fully saturated rings. The fourth-order valence-corrected chi connectivity index (χ4v) is 5.17. The molecule has 2 heterocycles. The number of rotatable bonds is 8. The van der Waals surface area contributed by atoms with Gasteiger partial charge in [0, 0.05) is 19.7 Å². The van der Waals surface area contributed by atoms with E-state index in [0.717, 1.165) is 20.7 Å². The lowest BCUT2D eigenvalue weighted by Gasteiger charge is -2.22. The van der Waals surface area contributed by atoms with Crippen LogP contribution in [-0.2, 0) is 25.2 Å². The van der Waals surface area contributed by atoms with Crippen molar-refractivity contribution in [3.8, 4) is 11.4 Å². The maximum absolute atomic E-state index is 12.9. The number of carbonyl (C=O) groups is 3. The summed E-state index contributed by atoms with van der Waals surface area (Å²) in [4.78, 5) is 37.9. The SMILES string of the molecule is CN(C)S(=O)(=O)c1cccc(-c2nnc(SCC(=O)NN3C(=O)N[C@@](C)(c4ccccc4)C3=O)n2N)c1. The van der Waals surface area contributed by atoms with E-state index in [2.05, 4.69) is 20.9 Å². The molecule has 0 radical (unpaired) electrons. The summed E-state index contributed by atoms with van der Waals surface area (Å²) in [6.45, 7) is 1.56. The standard InChI is InChI=1S/C22H24N8O5S2/c1-22(15-9-5-4-6-10-15)19(32)30(20(33)24-22)27-17(31)13-36-21-26-25-18(29(21)23)14-8-7-11-16(12-14)37(34,35)28(2)3/h4-12H,13,23H2,1-3H3,(H,24,33)(H,27,31)/t22-/m0/s1. The summed E-state index contributed by atoms with van der Waals surface area (Å²) < 4.78 is 27.1. The zero-order chi connectivity index (χ0) is 27.0. The molecule has 4 rings (SSSR count). The second-order valence-electron chi connectivity index (χ2n) is 8.38. The van der Waals surface area contributed by atoms with E-state index in [9.17, 15) is 22.8 Å². The molecule has 0 unspecified atom stereocenters. The van der Waals surface area contributed by atoms with E-state index in [1.165, 1.54) is 26.2 Å². The number of aromatic nitrogens is 3. The van der Waals surface area contributed by atoms with Crippen LogP contribution in [0.2, 0.25) is 0 Å². The summed E-state index contributed by atoms with van der Waals surface area (Å²) in [6, 6.07) is 14.0. The molecule has 1 aliphatic rings. The third kappa shape index (κ3) is 4.87. The minimum Gasteiger partial charge on any atom is -0.335 e. The topological polar surface area (TPSA) is 173 Å². The largest absolute Gasteiger partial charge is 0.344 e. The maximum Gasteiger partial charge on any atom is 0.344 e. The van der Waals surface area contributed by atoms with Crippen molar-refractivity contribution < 1.29 is 22.8 Å². The van der Waals surface area contributed by atoms with Crippen LogP contribution in [-0.4, -0.2) is 70.3 Å². The Morgan fingerprint density at radius 3 is 2.51 bits per heavy atom. The Bertz CT molecular complexity index is 1480. The molecule has 15 heteroatoms. The predicted molar refractivity (Wildman–Crippen MR) is 135 cm³/mol. The van der Waals surface area contributed by atoms with E-state index in [1.54, 1.807) is 49.4 Å². The van der Waals surface area contributed by atoms with Crippen LogP contribution in [0.1, 0.15) is 12.5 Å². The minimum absolute atomic E-state index is 0.0580. The summed E-state index contributed by atoms with van der Waals surface area (Å²) in [5.41, 5.74) is 1.97. The van der Waals surface area contributed by atoms with Crippen molar-refractivity contribution in [3.05, 3.63) is 60.2 Å². The van der Waals surface area contributed by atoms with Gasteiger partial charge in [-0.05, 0) is 24.6 Å². The number of nitrogen functional groups attached to an aromatic ring is 1. The van der Waals surface area contributed by atoms with Crippen molar-refractivity contribution in [1.29, 1.82) is 0 Å². The van der Waals surface area contributed by atoms with Gasteiger partial charge in [-0.1, -0.05) is 54.2 Å². The lowest BCUT2D eigenvalue weighted by molar-refractivity contribution is -0.138. The molecule has 0 aliphatic carbocycles. The number of nitrogens with two attached hydrogens (primary N) is 1. The number of sulfonamides is 1. The Labute approximate surface area is 217 Å². The second-order valence-corrected chi connectivity index (χ2v) is 11.5. The van der Waals surface area contributed by atoms with Gasteiger partial charge in [-0.2, -0.15) is 5.01 Å². The van der Waals surface area contributed by atoms with Crippen LogP contribution < -0.4 is 16.6 Å². The summed E-state index contributed by atoms with van der Waals surface area (Å²) in [5.74, 6) is 4.78. The van der Waals surface area contributed by atoms with Crippen molar-refractivity contribution in [2.45, 2.75) is 22.5 Å². The van der Waals surface area contributed by atoms with Crippen molar-refractivity contribution in [2.75, 3.05) is 25.7 Å².